The number of hydrogen-bond donors (Lipinski definition) is 0. The predicted octanol–water partition coefficient (Wildman–Crippen LogP) is 6.51. The first kappa shape index (κ1) is 17.4. The number of ether oxygens (including phenoxy) is 1. The van der Waals surface area contributed by atoms with Gasteiger partial charge < -0.3 is 4.74 Å². The smallest absolute Gasteiger partial charge is 0.0716 e. The first-order valence-corrected chi connectivity index (χ1v) is 9.16. The van der Waals surface area contributed by atoms with Crippen LogP contribution in [0.2, 0.25) is 0 Å². The lowest BCUT2D eigenvalue weighted by atomic mass is 9.98. The van der Waals surface area contributed by atoms with Crippen LogP contribution in [0.25, 0.3) is 22.3 Å². The summed E-state index contributed by atoms with van der Waals surface area (Å²) < 4.78 is 5.45. The molecule has 0 saturated carbocycles. The van der Waals surface area contributed by atoms with Crippen LogP contribution in [0, 0.1) is 0 Å². The summed E-state index contributed by atoms with van der Waals surface area (Å²) in [5.41, 5.74) is 7.65. The molecule has 1 nitrogen and oxygen atoms in total. The lowest BCUT2D eigenvalue weighted by Gasteiger charge is -2.07. The van der Waals surface area contributed by atoms with E-state index < -0.39 is 0 Å². The van der Waals surface area contributed by atoms with Crippen molar-refractivity contribution in [3.05, 3.63) is 83.9 Å². The van der Waals surface area contributed by atoms with Gasteiger partial charge in [-0.05, 0) is 46.7 Å². The topological polar surface area (TPSA) is 9.23 Å². The number of hydrogen-bond acceptors (Lipinski definition) is 1. The van der Waals surface area contributed by atoms with Crippen LogP contribution in [0.3, 0.4) is 0 Å². The standard InChI is InChI=1S/C24H26O/c1-3-5-19-6-10-21(11-7-19)23-14-16-24(17-15-23)22-12-8-20(9-13-22)18-25-4-2/h6-17H,3-5,18H2,1-2H3. The molecule has 3 rings (SSSR count). The molecule has 0 aliphatic carbocycles. The van der Waals surface area contributed by atoms with E-state index in [0.717, 1.165) is 13.0 Å². The van der Waals surface area contributed by atoms with Gasteiger partial charge in [-0.2, -0.15) is 0 Å². The van der Waals surface area contributed by atoms with E-state index in [1.807, 2.05) is 6.92 Å². The number of benzene rings is 3. The molecule has 0 amide bonds. The molecule has 128 valence electrons. The normalized spacial score (nSPS) is 10.8. The monoisotopic (exact) mass is 330 g/mol. The second-order valence-corrected chi connectivity index (χ2v) is 6.36. The van der Waals surface area contributed by atoms with Crippen LogP contribution >= 0.6 is 0 Å². The zero-order chi connectivity index (χ0) is 17.5. The molecule has 0 radical (unpaired) electrons. The SMILES string of the molecule is CCCc1ccc(-c2ccc(-c3ccc(COCC)cc3)cc2)cc1. The highest BCUT2D eigenvalue weighted by molar-refractivity contribution is 5.70. The summed E-state index contributed by atoms with van der Waals surface area (Å²) >= 11 is 0. The van der Waals surface area contributed by atoms with Gasteiger partial charge in [-0.1, -0.05) is 86.1 Å². The fourth-order valence-corrected chi connectivity index (χ4v) is 3.02. The van der Waals surface area contributed by atoms with Crippen molar-refractivity contribution < 1.29 is 4.74 Å². The van der Waals surface area contributed by atoms with Crippen LogP contribution in [0.5, 0.6) is 0 Å². The summed E-state index contributed by atoms with van der Waals surface area (Å²) in [6, 6.07) is 26.4. The third-order valence-electron chi connectivity index (χ3n) is 4.47. The minimum Gasteiger partial charge on any atom is -0.377 e. The van der Waals surface area contributed by atoms with Gasteiger partial charge in [-0.15, -0.1) is 0 Å². The fraction of sp³-hybridized carbons (Fsp3) is 0.250. The van der Waals surface area contributed by atoms with Crippen molar-refractivity contribution in [2.24, 2.45) is 0 Å². The maximum Gasteiger partial charge on any atom is 0.0716 e. The van der Waals surface area contributed by atoms with Crippen LogP contribution in [0.4, 0.5) is 0 Å². The molecule has 25 heavy (non-hydrogen) atoms. The van der Waals surface area contributed by atoms with Crippen molar-refractivity contribution in [2.75, 3.05) is 6.61 Å². The summed E-state index contributed by atoms with van der Waals surface area (Å²) in [6.45, 7) is 5.68. The molecule has 0 unspecified atom stereocenters. The molecule has 0 aliphatic heterocycles. The van der Waals surface area contributed by atoms with E-state index in [-0.39, 0.29) is 0 Å². The third-order valence-corrected chi connectivity index (χ3v) is 4.47. The Morgan fingerprint density at radius 1 is 0.560 bits per heavy atom. The van der Waals surface area contributed by atoms with E-state index in [1.54, 1.807) is 0 Å². The maximum atomic E-state index is 5.45. The van der Waals surface area contributed by atoms with Gasteiger partial charge in [0.1, 0.15) is 0 Å². The summed E-state index contributed by atoms with van der Waals surface area (Å²) in [5.74, 6) is 0. The van der Waals surface area contributed by atoms with Gasteiger partial charge in [0.25, 0.3) is 0 Å². The second-order valence-electron chi connectivity index (χ2n) is 6.36. The van der Waals surface area contributed by atoms with Gasteiger partial charge in [-0.3, -0.25) is 0 Å². The van der Waals surface area contributed by atoms with E-state index in [2.05, 4.69) is 79.7 Å². The molecule has 0 fully saturated rings. The van der Waals surface area contributed by atoms with Crippen LogP contribution in [0.15, 0.2) is 72.8 Å². The highest BCUT2D eigenvalue weighted by atomic mass is 16.5. The van der Waals surface area contributed by atoms with Crippen molar-refractivity contribution in [3.8, 4) is 22.3 Å². The van der Waals surface area contributed by atoms with Crippen LogP contribution in [-0.2, 0) is 17.8 Å². The Balaban J connectivity index is 1.73. The molecule has 0 bridgehead atoms. The van der Waals surface area contributed by atoms with Gasteiger partial charge in [0.2, 0.25) is 0 Å². The Morgan fingerprint density at radius 2 is 0.960 bits per heavy atom. The first-order valence-electron chi connectivity index (χ1n) is 9.16. The Hall–Kier alpha value is -2.38. The highest BCUT2D eigenvalue weighted by Gasteiger charge is 2.02. The van der Waals surface area contributed by atoms with Crippen molar-refractivity contribution in [1.82, 2.24) is 0 Å². The third kappa shape index (κ3) is 4.58. The molecule has 0 saturated heterocycles. The van der Waals surface area contributed by atoms with Crippen molar-refractivity contribution in [1.29, 1.82) is 0 Å². The fourth-order valence-electron chi connectivity index (χ4n) is 3.02. The van der Waals surface area contributed by atoms with E-state index in [4.69, 9.17) is 4.74 Å². The average Bonchev–Trinajstić information content (AvgIpc) is 2.68. The quantitative estimate of drug-likeness (QED) is 0.480. The molecule has 0 spiro atoms. The lowest BCUT2D eigenvalue weighted by molar-refractivity contribution is 0.134. The minimum atomic E-state index is 0.684. The highest BCUT2D eigenvalue weighted by Crippen LogP contribution is 2.25. The van der Waals surface area contributed by atoms with Gasteiger partial charge in [-0.25, -0.2) is 0 Å². The van der Waals surface area contributed by atoms with Crippen LogP contribution in [-0.4, -0.2) is 6.61 Å². The van der Waals surface area contributed by atoms with Crippen molar-refractivity contribution in [2.45, 2.75) is 33.3 Å². The van der Waals surface area contributed by atoms with Gasteiger partial charge in [0.15, 0.2) is 0 Å². The Morgan fingerprint density at radius 3 is 1.36 bits per heavy atom. The first-order chi connectivity index (χ1) is 12.3. The molecule has 0 aromatic heterocycles. The number of aryl methyl sites for hydroxylation is 1. The van der Waals surface area contributed by atoms with Gasteiger partial charge in [0.05, 0.1) is 6.61 Å². The van der Waals surface area contributed by atoms with E-state index in [9.17, 15) is 0 Å². The summed E-state index contributed by atoms with van der Waals surface area (Å²) in [4.78, 5) is 0. The summed E-state index contributed by atoms with van der Waals surface area (Å²) in [5, 5.41) is 0. The lowest BCUT2D eigenvalue weighted by Crippen LogP contribution is -1.91. The summed E-state index contributed by atoms with van der Waals surface area (Å²) in [6.07, 6.45) is 2.34. The Labute approximate surface area is 151 Å². The van der Waals surface area contributed by atoms with Crippen molar-refractivity contribution in [3.63, 3.8) is 0 Å². The average molecular weight is 330 g/mol. The molecular weight excluding hydrogens is 304 g/mol. The largest absolute Gasteiger partial charge is 0.377 e. The molecule has 0 atom stereocenters. The molecule has 0 aliphatic rings. The van der Waals surface area contributed by atoms with Gasteiger partial charge >= 0.3 is 0 Å². The predicted molar refractivity (Wildman–Crippen MR) is 107 cm³/mol. The Bertz CT molecular complexity index is 768. The zero-order valence-electron chi connectivity index (χ0n) is 15.2. The summed E-state index contributed by atoms with van der Waals surface area (Å²) in [7, 11) is 0. The molecule has 3 aromatic carbocycles. The second kappa shape index (κ2) is 8.64. The Kier molecular flexibility index (Phi) is 6.03. The van der Waals surface area contributed by atoms with E-state index >= 15 is 0 Å². The van der Waals surface area contributed by atoms with E-state index in [0.29, 0.717) is 6.61 Å². The number of rotatable bonds is 7. The maximum absolute atomic E-state index is 5.45. The molecule has 0 heterocycles. The molecule has 1 heteroatoms. The van der Waals surface area contributed by atoms with Crippen molar-refractivity contribution >= 4 is 0 Å². The molecule has 3 aromatic rings. The van der Waals surface area contributed by atoms with E-state index in [1.165, 1.54) is 39.8 Å². The van der Waals surface area contributed by atoms with Crippen LogP contribution in [0.1, 0.15) is 31.4 Å². The van der Waals surface area contributed by atoms with Crippen LogP contribution < -0.4 is 0 Å². The molecular formula is C24H26O. The van der Waals surface area contributed by atoms with Gasteiger partial charge in [0, 0.05) is 6.61 Å². The minimum absolute atomic E-state index is 0.684. The zero-order valence-corrected chi connectivity index (χ0v) is 15.2. The molecule has 0 N–H and O–H groups in total.